The molecule has 1 fully saturated rings. The molecule has 4 rings (SSSR count). The summed E-state index contributed by atoms with van der Waals surface area (Å²) in [7, 11) is 0. The Labute approximate surface area is 188 Å². The smallest absolute Gasteiger partial charge is 0.225 e. The number of amides is 1. The predicted molar refractivity (Wildman–Crippen MR) is 125 cm³/mol. The van der Waals surface area contributed by atoms with Crippen molar-refractivity contribution in [3.63, 3.8) is 0 Å². The molecule has 160 valence electrons. The second-order valence-electron chi connectivity index (χ2n) is 8.03. The minimum absolute atomic E-state index is 0.00625. The zero-order valence-electron chi connectivity index (χ0n) is 18.0. The summed E-state index contributed by atoms with van der Waals surface area (Å²) in [6, 6.07) is 18.5. The van der Waals surface area contributed by atoms with Gasteiger partial charge in [0.15, 0.2) is 5.82 Å². The van der Waals surface area contributed by atoms with Gasteiger partial charge in [0.25, 0.3) is 0 Å². The third-order valence-electron chi connectivity index (χ3n) is 5.63. The quantitative estimate of drug-likeness (QED) is 0.592. The zero-order chi connectivity index (χ0) is 21.6. The highest BCUT2D eigenvalue weighted by atomic mass is 32.2. The molecule has 0 bridgehead atoms. The van der Waals surface area contributed by atoms with Gasteiger partial charge in [0, 0.05) is 30.4 Å². The molecular formula is C25H28N4OS. The number of piperidine rings is 1. The van der Waals surface area contributed by atoms with E-state index in [1.807, 2.05) is 37.3 Å². The number of hydrogen-bond donors (Lipinski definition) is 1. The van der Waals surface area contributed by atoms with E-state index in [1.165, 1.54) is 5.56 Å². The van der Waals surface area contributed by atoms with E-state index in [4.69, 9.17) is 0 Å². The maximum atomic E-state index is 13.0. The van der Waals surface area contributed by atoms with E-state index < -0.39 is 0 Å². The van der Waals surface area contributed by atoms with E-state index in [2.05, 4.69) is 51.4 Å². The van der Waals surface area contributed by atoms with Crippen molar-refractivity contribution in [2.75, 3.05) is 18.0 Å². The number of carbonyl (C=O) groups is 1. The van der Waals surface area contributed by atoms with Crippen molar-refractivity contribution in [3.05, 3.63) is 78.1 Å². The van der Waals surface area contributed by atoms with Crippen LogP contribution in [0.5, 0.6) is 0 Å². The standard InChI is InChI=1S/C25H28N4OS/c1-18-10-12-22(13-11-18)31-25-23(26-14-15-27-25)29-16-6-9-21(17-29)24(30)28-19(2)20-7-4-3-5-8-20/h3-5,7-8,10-15,19,21H,6,9,16-17H2,1-2H3,(H,28,30)/t19-,21-/m0/s1. The van der Waals surface area contributed by atoms with Gasteiger partial charge in [-0.05, 0) is 44.4 Å². The van der Waals surface area contributed by atoms with Crippen LogP contribution < -0.4 is 10.2 Å². The van der Waals surface area contributed by atoms with Crippen molar-refractivity contribution >= 4 is 23.5 Å². The molecule has 5 nitrogen and oxygen atoms in total. The van der Waals surface area contributed by atoms with E-state index >= 15 is 0 Å². The van der Waals surface area contributed by atoms with E-state index in [-0.39, 0.29) is 17.9 Å². The van der Waals surface area contributed by atoms with Gasteiger partial charge in [-0.3, -0.25) is 4.79 Å². The average molecular weight is 433 g/mol. The molecule has 0 unspecified atom stereocenters. The van der Waals surface area contributed by atoms with Gasteiger partial charge in [-0.15, -0.1) is 0 Å². The Morgan fingerprint density at radius 3 is 2.61 bits per heavy atom. The fourth-order valence-corrected chi connectivity index (χ4v) is 4.75. The van der Waals surface area contributed by atoms with Crippen LogP contribution >= 0.6 is 11.8 Å². The first-order valence-electron chi connectivity index (χ1n) is 10.8. The predicted octanol–water partition coefficient (Wildman–Crippen LogP) is 5.03. The van der Waals surface area contributed by atoms with Crippen molar-refractivity contribution in [2.45, 2.75) is 42.7 Å². The zero-order valence-corrected chi connectivity index (χ0v) is 18.8. The molecule has 1 aromatic heterocycles. The normalized spacial score (nSPS) is 17.2. The van der Waals surface area contributed by atoms with Crippen molar-refractivity contribution in [3.8, 4) is 0 Å². The van der Waals surface area contributed by atoms with Crippen LogP contribution in [0.1, 0.15) is 36.9 Å². The van der Waals surface area contributed by atoms with Crippen LogP contribution in [0.2, 0.25) is 0 Å². The molecule has 1 amide bonds. The van der Waals surface area contributed by atoms with Gasteiger partial charge in [-0.1, -0.05) is 59.8 Å². The molecule has 2 aromatic carbocycles. The molecule has 6 heteroatoms. The molecule has 0 spiro atoms. The minimum Gasteiger partial charge on any atom is -0.354 e. The highest BCUT2D eigenvalue weighted by Crippen LogP contribution is 2.34. The second kappa shape index (κ2) is 9.96. The second-order valence-corrected chi connectivity index (χ2v) is 9.09. The highest BCUT2D eigenvalue weighted by Gasteiger charge is 2.29. The number of aromatic nitrogens is 2. The summed E-state index contributed by atoms with van der Waals surface area (Å²) in [6.45, 7) is 5.66. The molecule has 1 aliphatic rings. The molecule has 31 heavy (non-hydrogen) atoms. The lowest BCUT2D eigenvalue weighted by molar-refractivity contribution is -0.125. The monoisotopic (exact) mass is 432 g/mol. The number of aryl methyl sites for hydroxylation is 1. The number of carbonyl (C=O) groups excluding carboxylic acids is 1. The first kappa shape index (κ1) is 21.4. The SMILES string of the molecule is Cc1ccc(Sc2nccnc2N2CCC[C@H](C(=O)N[C@@H](C)c3ccccc3)C2)cc1. The Hall–Kier alpha value is -2.86. The summed E-state index contributed by atoms with van der Waals surface area (Å²) in [5, 5.41) is 4.07. The highest BCUT2D eigenvalue weighted by molar-refractivity contribution is 7.99. The Balaban J connectivity index is 1.45. The molecule has 1 saturated heterocycles. The van der Waals surface area contributed by atoms with Crippen LogP contribution in [-0.4, -0.2) is 29.0 Å². The fourth-order valence-electron chi connectivity index (χ4n) is 3.86. The van der Waals surface area contributed by atoms with E-state index in [1.54, 1.807) is 24.2 Å². The van der Waals surface area contributed by atoms with Gasteiger partial charge in [0.05, 0.1) is 12.0 Å². The van der Waals surface area contributed by atoms with Gasteiger partial charge in [-0.2, -0.15) is 0 Å². The van der Waals surface area contributed by atoms with E-state index in [0.717, 1.165) is 40.7 Å². The molecular weight excluding hydrogens is 404 g/mol. The molecule has 2 heterocycles. The summed E-state index contributed by atoms with van der Waals surface area (Å²) in [4.78, 5) is 25.6. The maximum absolute atomic E-state index is 13.0. The maximum Gasteiger partial charge on any atom is 0.225 e. The number of hydrogen-bond acceptors (Lipinski definition) is 5. The molecule has 1 N–H and O–H groups in total. The third-order valence-corrected chi connectivity index (χ3v) is 6.62. The van der Waals surface area contributed by atoms with Gasteiger partial charge >= 0.3 is 0 Å². The summed E-state index contributed by atoms with van der Waals surface area (Å²) >= 11 is 1.62. The molecule has 2 atom stereocenters. The number of nitrogens with one attached hydrogen (secondary N) is 1. The van der Waals surface area contributed by atoms with Crippen LogP contribution in [0, 0.1) is 12.8 Å². The fraction of sp³-hybridized carbons (Fsp3) is 0.320. The molecule has 0 saturated carbocycles. The molecule has 0 aliphatic carbocycles. The lowest BCUT2D eigenvalue weighted by atomic mass is 9.96. The van der Waals surface area contributed by atoms with Crippen molar-refractivity contribution in [1.82, 2.24) is 15.3 Å². The number of anilines is 1. The van der Waals surface area contributed by atoms with E-state index in [0.29, 0.717) is 6.54 Å². The van der Waals surface area contributed by atoms with Gasteiger partial charge in [0.2, 0.25) is 5.91 Å². The van der Waals surface area contributed by atoms with Crippen molar-refractivity contribution in [1.29, 1.82) is 0 Å². The van der Waals surface area contributed by atoms with Crippen LogP contribution in [0.15, 0.2) is 76.9 Å². The van der Waals surface area contributed by atoms with Crippen LogP contribution in [0.3, 0.4) is 0 Å². The number of benzene rings is 2. The van der Waals surface area contributed by atoms with Gasteiger partial charge in [-0.25, -0.2) is 9.97 Å². The summed E-state index contributed by atoms with van der Waals surface area (Å²) in [5.74, 6) is 0.915. The van der Waals surface area contributed by atoms with Gasteiger partial charge < -0.3 is 10.2 Å². The minimum atomic E-state index is -0.0563. The van der Waals surface area contributed by atoms with Crippen molar-refractivity contribution in [2.24, 2.45) is 5.92 Å². The summed E-state index contributed by atoms with van der Waals surface area (Å²) < 4.78 is 0. The lowest BCUT2D eigenvalue weighted by Crippen LogP contribution is -2.44. The Bertz CT molecular complexity index is 1010. The van der Waals surface area contributed by atoms with Crippen molar-refractivity contribution < 1.29 is 4.79 Å². The Morgan fingerprint density at radius 2 is 1.84 bits per heavy atom. The largest absolute Gasteiger partial charge is 0.354 e. The first-order chi connectivity index (χ1) is 15.1. The Morgan fingerprint density at radius 1 is 1.10 bits per heavy atom. The van der Waals surface area contributed by atoms with Gasteiger partial charge in [0.1, 0.15) is 5.03 Å². The number of nitrogens with zero attached hydrogens (tertiary/aromatic N) is 3. The summed E-state index contributed by atoms with van der Waals surface area (Å²) in [6.07, 6.45) is 5.32. The summed E-state index contributed by atoms with van der Waals surface area (Å²) in [5.41, 5.74) is 2.35. The molecule has 0 radical (unpaired) electrons. The lowest BCUT2D eigenvalue weighted by Gasteiger charge is -2.34. The molecule has 3 aromatic rings. The topological polar surface area (TPSA) is 58.1 Å². The molecule has 1 aliphatic heterocycles. The average Bonchev–Trinajstić information content (AvgIpc) is 2.81. The number of rotatable bonds is 6. The first-order valence-corrected chi connectivity index (χ1v) is 11.6. The van der Waals surface area contributed by atoms with Crippen LogP contribution in [0.25, 0.3) is 0 Å². The van der Waals surface area contributed by atoms with E-state index in [9.17, 15) is 4.79 Å². The van der Waals surface area contributed by atoms with Crippen LogP contribution in [0.4, 0.5) is 5.82 Å². The Kier molecular flexibility index (Phi) is 6.87. The van der Waals surface area contributed by atoms with Crippen LogP contribution in [-0.2, 0) is 4.79 Å². The third kappa shape index (κ3) is 5.44.